The number of hydrogen-bond donors (Lipinski definition) is 2. The smallest absolute Gasteiger partial charge is 0.266 e. The van der Waals surface area contributed by atoms with Gasteiger partial charge in [0.2, 0.25) is 0 Å². The Balaban J connectivity index is 1.86. The third kappa shape index (κ3) is 3.11. The highest BCUT2D eigenvalue weighted by molar-refractivity contribution is 5.78. The first kappa shape index (κ1) is 16.4. The Bertz CT molecular complexity index is 893. The Labute approximate surface area is 138 Å². The highest BCUT2D eigenvalue weighted by Gasteiger charge is 2.21. The molecule has 0 amide bonds. The molecule has 1 saturated heterocycles. The number of nitrogens with zero attached hydrogens (tertiary/aromatic N) is 3. The Morgan fingerprint density at radius 1 is 1.33 bits per heavy atom. The van der Waals surface area contributed by atoms with Crippen molar-refractivity contribution in [1.29, 1.82) is 5.26 Å². The maximum absolute atomic E-state index is 12.6. The fraction of sp³-hybridized carbons (Fsp3) is 0.471. The van der Waals surface area contributed by atoms with Crippen LogP contribution in [0.2, 0.25) is 0 Å². The van der Waals surface area contributed by atoms with Crippen molar-refractivity contribution >= 4 is 10.9 Å². The maximum atomic E-state index is 12.6. The first-order chi connectivity index (χ1) is 11.6. The van der Waals surface area contributed by atoms with Crippen LogP contribution in [-0.4, -0.2) is 45.3 Å². The zero-order chi connectivity index (χ0) is 17.1. The van der Waals surface area contributed by atoms with Crippen molar-refractivity contribution < 1.29 is 5.11 Å². The first-order valence-corrected chi connectivity index (χ1v) is 8.15. The van der Waals surface area contributed by atoms with E-state index in [-0.39, 0.29) is 23.8 Å². The van der Waals surface area contributed by atoms with Crippen LogP contribution in [0.15, 0.2) is 27.9 Å². The predicted molar refractivity (Wildman–Crippen MR) is 89.8 cm³/mol. The lowest BCUT2D eigenvalue weighted by atomic mass is 10.0. The standard InChI is InChI=1S/C17H20N4O3/c18-10-12-9-14-15(19-16(12)23)4-6-21(17(14)24)8-7-20-5-2-1-3-13(20)11-22/h4,6,9,13,22H,1-3,5,7-8,11H2,(H,19,23). The molecule has 0 spiro atoms. The van der Waals surface area contributed by atoms with Crippen molar-refractivity contribution in [1.82, 2.24) is 14.5 Å². The number of pyridine rings is 2. The summed E-state index contributed by atoms with van der Waals surface area (Å²) in [5.74, 6) is 0. The number of fused-ring (bicyclic) bond motifs is 1. The molecule has 0 aromatic carbocycles. The highest BCUT2D eigenvalue weighted by Crippen LogP contribution is 2.16. The van der Waals surface area contributed by atoms with Gasteiger partial charge in [-0.3, -0.25) is 14.5 Å². The van der Waals surface area contributed by atoms with Gasteiger partial charge in [-0.05, 0) is 31.5 Å². The van der Waals surface area contributed by atoms with Crippen LogP contribution in [0, 0.1) is 11.3 Å². The lowest BCUT2D eigenvalue weighted by molar-refractivity contribution is 0.0869. The van der Waals surface area contributed by atoms with Crippen molar-refractivity contribution in [3.63, 3.8) is 0 Å². The van der Waals surface area contributed by atoms with Crippen LogP contribution in [0.25, 0.3) is 10.9 Å². The summed E-state index contributed by atoms with van der Waals surface area (Å²) in [5.41, 5.74) is -0.334. The number of aromatic nitrogens is 2. The average molecular weight is 328 g/mol. The summed E-state index contributed by atoms with van der Waals surface area (Å²) in [6.45, 7) is 2.26. The minimum atomic E-state index is -0.485. The van der Waals surface area contributed by atoms with E-state index < -0.39 is 5.56 Å². The minimum absolute atomic E-state index is 0.0614. The molecule has 2 N–H and O–H groups in total. The molecule has 1 fully saturated rings. The van der Waals surface area contributed by atoms with E-state index in [4.69, 9.17) is 5.26 Å². The van der Waals surface area contributed by atoms with Crippen LogP contribution < -0.4 is 11.1 Å². The number of aliphatic hydroxyl groups is 1. The van der Waals surface area contributed by atoms with E-state index in [0.717, 1.165) is 25.8 Å². The summed E-state index contributed by atoms with van der Waals surface area (Å²) >= 11 is 0. The fourth-order valence-corrected chi connectivity index (χ4v) is 3.30. The van der Waals surface area contributed by atoms with E-state index in [1.807, 2.05) is 0 Å². The van der Waals surface area contributed by atoms with E-state index in [9.17, 15) is 14.7 Å². The highest BCUT2D eigenvalue weighted by atomic mass is 16.3. The predicted octanol–water partition coefficient (Wildman–Crippen LogP) is 0.408. The summed E-state index contributed by atoms with van der Waals surface area (Å²) in [4.78, 5) is 29.0. The molecule has 1 aliphatic rings. The maximum Gasteiger partial charge on any atom is 0.266 e. The third-order valence-electron chi connectivity index (χ3n) is 4.69. The largest absolute Gasteiger partial charge is 0.395 e. The number of nitriles is 1. The first-order valence-electron chi connectivity index (χ1n) is 8.15. The van der Waals surface area contributed by atoms with Crippen molar-refractivity contribution in [2.24, 2.45) is 0 Å². The summed E-state index contributed by atoms with van der Waals surface area (Å²) in [6, 6.07) is 5.00. The molecule has 2 aromatic rings. The average Bonchev–Trinajstić information content (AvgIpc) is 2.61. The molecule has 0 saturated carbocycles. The fourth-order valence-electron chi connectivity index (χ4n) is 3.30. The zero-order valence-corrected chi connectivity index (χ0v) is 13.4. The summed E-state index contributed by atoms with van der Waals surface area (Å²) < 4.78 is 1.59. The van der Waals surface area contributed by atoms with Gasteiger partial charge in [0, 0.05) is 25.3 Å². The van der Waals surface area contributed by atoms with Gasteiger partial charge in [0.1, 0.15) is 11.6 Å². The number of aromatic amines is 1. The van der Waals surface area contributed by atoms with Gasteiger partial charge < -0.3 is 14.7 Å². The lowest BCUT2D eigenvalue weighted by Gasteiger charge is -2.34. The second-order valence-electron chi connectivity index (χ2n) is 6.13. The van der Waals surface area contributed by atoms with Crippen LogP contribution in [0.4, 0.5) is 0 Å². The Hall–Kier alpha value is -2.43. The molecule has 0 bridgehead atoms. The molecule has 1 atom stereocenters. The van der Waals surface area contributed by atoms with Crippen LogP contribution in [-0.2, 0) is 6.54 Å². The van der Waals surface area contributed by atoms with Gasteiger partial charge in [-0.15, -0.1) is 0 Å². The number of piperidine rings is 1. The van der Waals surface area contributed by atoms with Crippen molar-refractivity contribution in [2.45, 2.75) is 31.8 Å². The number of aliphatic hydroxyl groups excluding tert-OH is 1. The summed E-state index contributed by atoms with van der Waals surface area (Å²) in [7, 11) is 0. The number of likely N-dealkylation sites (tertiary alicyclic amines) is 1. The Morgan fingerprint density at radius 3 is 2.92 bits per heavy atom. The summed E-state index contributed by atoms with van der Waals surface area (Å²) in [5, 5.41) is 18.8. The Morgan fingerprint density at radius 2 is 2.17 bits per heavy atom. The van der Waals surface area contributed by atoms with E-state index in [0.29, 0.717) is 24.0 Å². The Kier molecular flexibility index (Phi) is 4.79. The van der Waals surface area contributed by atoms with Crippen LogP contribution in [0.1, 0.15) is 24.8 Å². The van der Waals surface area contributed by atoms with Gasteiger partial charge in [-0.2, -0.15) is 5.26 Å². The second-order valence-corrected chi connectivity index (χ2v) is 6.13. The van der Waals surface area contributed by atoms with E-state index in [1.165, 1.54) is 6.07 Å². The minimum Gasteiger partial charge on any atom is -0.395 e. The molecule has 0 radical (unpaired) electrons. The molecule has 3 heterocycles. The SMILES string of the molecule is N#Cc1cc2c(=O)n(CCN3CCCCC3CO)ccc2[nH]c1=O. The molecule has 7 nitrogen and oxygen atoms in total. The van der Waals surface area contributed by atoms with Crippen LogP contribution >= 0.6 is 0 Å². The van der Waals surface area contributed by atoms with E-state index in [2.05, 4.69) is 9.88 Å². The van der Waals surface area contributed by atoms with Crippen LogP contribution in [0.3, 0.4) is 0 Å². The molecule has 7 heteroatoms. The second kappa shape index (κ2) is 6.99. The number of rotatable bonds is 4. The monoisotopic (exact) mass is 328 g/mol. The number of H-pyrrole nitrogens is 1. The zero-order valence-electron chi connectivity index (χ0n) is 13.4. The molecule has 0 aliphatic carbocycles. The van der Waals surface area contributed by atoms with Gasteiger partial charge in [0.05, 0.1) is 17.5 Å². The van der Waals surface area contributed by atoms with E-state index in [1.54, 1.807) is 22.9 Å². The normalized spacial score (nSPS) is 18.6. The molecular weight excluding hydrogens is 308 g/mol. The van der Waals surface area contributed by atoms with Gasteiger partial charge in [0.15, 0.2) is 0 Å². The van der Waals surface area contributed by atoms with E-state index >= 15 is 0 Å². The molecule has 2 aromatic heterocycles. The number of hydrogen-bond acceptors (Lipinski definition) is 5. The number of nitrogens with one attached hydrogen (secondary N) is 1. The van der Waals surface area contributed by atoms with Gasteiger partial charge >= 0.3 is 0 Å². The molecule has 1 unspecified atom stereocenters. The van der Waals surface area contributed by atoms with Gasteiger partial charge in [-0.25, -0.2) is 0 Å². The lowest BCUT2D eigenvalue weighted by Crippen LogP contribution is -2.44. The van der Waals surface area contributed by atoms with Gasteiger partial charge in [0.25, 0.3) is 11.1 Å². The van der Waals surface area contributed by atoms with Gasteiger partial charge in [-0.1, -0.05) is 6.42 Å². The molecule has 3 rings (SSSR count). The topological polar surface area (TPSA) is 102 Å². The molecule has 24 heavy (non-hydrogen) atoms. The van der Waals surface area contributed by atoms with Crippen molar-refractivity contribution in [2.75, 3.05) is 19.7 Å². The van der Waals surface area contributed by atoms with Crippen molar-refractivity contribution in [3.05, 3.63) is 44.6 Å². The molecular formula is C17H20N4O3. The van der Waals surface area contributed by atoms with Crippen molar-refractivity contribution in [3.8, 4) is 6.07 Å². The molecule has 126 valence electrons. The van der Waals surface area contributed by atoms with Crippen LogP contribution in [0.5, 0.6) is 0 Å². The molecule has 1 aliphatic heterocycles. The summed E-state index contributed by atoms with van der Waals surface area (Å²) in [6.07, 6.45) is 4.87. The quantitative estimate of drug-likeness (QED) is 0.846. The third-order valence-corrected chi connectivity index (χ3v) is 4.69.